The summed E-state index contributed by atoms with van der Waals surface area (Å²) in [6.07, 6.45) is 8.19. The Labute approximate surface area is 76.7 Å². The second-order valence-electron chi connectivity index (χ2n) is 4.56. The van der Waals surface area contributed by atoms with Crippen molar-refractivity contribution in [2.24, 2.45) is 17.6 Å². The molecule has 72 valence electrons. The van der Waals surface area contributed by atoms with E-state index in [-0.39, 0.29) is 0 Å². The highest BCUT2D eigenvalue weighted by molar-refractivity contribution is 4.77. The Hall–Kier alpha value is -0.0400. The fraction of sp³-hybridized carbons (Fsp3) is 1.00. The van der Waals surface area contributed by atoms with Crippen molar-refractivity contribution < 1.29 is 0 Å². The minimum atomic E-state index is 0.477. The van der Waals surface area contributed by atoms with Crippen LogP contribution in [0.2, 0.25) is 0 Å². The van der Waals surface area contributed by atoms with Crippen LogP contribution in [0.5, 0.6) is 0 Å². The fourth-order valence-corrected chi connectivity index (χ4v) is 2.37. The predicted molar refractivity (Wildman–Crippen MR) is 54.0 cm³/mol. The lowest BCUT2D eigenvalue weighted by molar-refractivity contribution is 0.260. The van der Waals surface area contributed by atoms with Gasteiger partial charge in [0.15, 0.2) is 0 Å². The van der Waals surface area contributed by atoms with Crippen molar-refractivity contribution in [2.75, 3.05) is 0 Å². The van der Waals surface area contributed by atoms with E-state index in [9.17, 15) is 0 Å². The van der Waals surface area contributed by atoms with Crippen molar-refractivity contribution in [3.63, 3.8) is 0 Å². The summed E-state index contributed by atoms with van der Waals surface area (Å²) in [5.74, 6) is 1.56. The Morgan fingerprint density at radius 3 is 2.17 bits per heavy atom. The van der Waals surface area contributed by atoms with Crippen molar-refractivity contribution in [2.45, 2.75) is 58.4 Å². The predicted octanol–water partition coefficient (Wildman–Crippen LogP) is 2.94. The largest absolute Gasteiger partial charge is 0.327 e. The van der Waals surface area contributed by atoms with Crippen LogP contribution in [0.15, 0.2) is 0 Å². The first kappa shape index (κ1) is 10.0. The second-order valence-corrected chi connectivity index (χ2v) is 4.56. The molecule has 0 heterocycles. The van der Waals surface area contributed by atoms with Gasteiger partial charge >= 0.3 is 0 Å². The highest BCUT2D eigenvalue weighted by Crippen LogP contribution is 2.26. The first-order valence-electron chi connectivity index (χ1n) is 5.47. The smallest absolute Gasteiger partial charge is 0.00696 e. The van der Waals surface area contributed by atoms with Gasteiger partial charge in [-0.2, -0.15) is 0 Å². The quantitative estimate of drug-likeness (QED) is 0.641. The molecule has 0 bridgehead atoms. The molecule has 0 aromatic heterocycles. The molecule has 0 aromatic rings. The lowest BCUT2D eigenvalue weighted by atomic mass is 9.80. The van der Waals surface area contributed by atoms with E-state index in [0.717, 1.165) is 11.8 Å². The maximum absolute atomic E-state index is 6.15. The van der Waals surface area contributed by atoms with Crippen LogP contribution in [-0.2, 0) is 0 Å². The monoisotopic (exact) mass is 169 g/mol. The molecule has 1 aliphatic rings. The molecule has 2 unspecified atom stereocenters. The van der Waals surface area contributed by atoms with E-state index in [1.165, 1.54) is 38.5 Å². The average Bonchev–Trinajstić information content (AvgIpc) is 1.96. The molecule has 1 aliphatic carbocycles. The SMILES string of the molecule is CC(C)C1CCCCCCC1N. The lowest BCUT2D eigenvalue weighted by Gasteiger charge is -2.29. The van der Waals surface area contributed by atoms with Crippen molar-refractivity contribution in [3.8, 4) is 0 Å². The molecule has 0 saturated heterocycles. The van der Waals surface area contributed by atoms with Crippen molar-refractivity contribution in [1.82, 2.24) is 0 Å². The molecule has 1 fully saturated rings. The molecule has 0 aliphatic heterocycles. The van der Waals surface area contributed by atoms with Crippen LogP contribution in [0.25, 0.3) is 0 Å². The molecule has 0 aromatic carbocycles. The zero-order valence-electron chi connectivity index (χ0n) is 8.55. The van der Waals surface area contributed by atoms with E-state index >= 15 is 0 Å². The lowest BCUT2D eigenvalue weighted by Crippen LogP contribution is -2.34. The molecule has 0 spiro atoms. The molecule has 1 saturated carbocycles. The van der Waals surface area contributed by atoms with Gasteiger partial charge < -0.3 is 5.73 Å². The van der Waals surface area contributed by atoms with Gasteiger partial charge in [-0.1, -0.05) is 39.5 Å². The van der Waals surface area contributed by atoms with E-state index in [1.54, 1.807) is 0 Å². The first-order valence-corrected chi connectivity index (χ1v) is 5.47. The summed E-state index contributed by atoms with van der Waals surface area (Å²) in [4.78, 5) is 0. The summed E-state index contributed by atoms with van der Waals surface area (Å²) in [7, 11) is 0. The summed E-state index contributed by atoms with van der Waals surface area (Å²) >= 11 is 0. The molecular weight excluding hydrogens is 146 g/mol. The highest BCUT2D eigenvalue weighted by Gasteiger charge is 2.21. The van der Waals surface area contributed by atoms with E-state index in [4.69, 9.17) is 5.73 Å². The van der Waals surface area contributed by atoms with Crippen LogP contribution >= 0.6 is 0 Å². The van der Waals surface area contributed by atoms with Crippen LogP contribution in [0.1, 0.15) is 52.4 Å². The van der Waals surface area contributed by atoms with Crippen molar-refractivity contribution in [1.29, 1.82) is 0 Å². The molecule has 1 rings (SSSR count). The summed E-state index contributed by atoms with van der Waals surface area (Å²) in [5.41, 5.74) is 6.15. The molecule has 1 heteroatoms. The second kappa shape index (κ2) is 4.86. The third kappa shape index (κ3) is 2.78. The van der Waals surface area contributed by atoms with Gasteiger partial charge in [0.1, 0.15) is 0 Å². The molecule has 0 amide bonds. The Balaban J connectivity index is 2.43. The van der Waals surface area contributed by atoms with Crippen LogP contribution in [0.4, 0.5) is 0 Å². The minimum absolute atomic E-state index is 0.477. The molecule has 0 radical (unpaired) electrons. The van der Waals surface area contributed by atoms with Crippen LogP contribution in [-0.4, -0.2) is 6.04 Å². The molecule has 12 heavy (non-hydrogen) atoms. The number of hydrogen-bond acceptors (Lipinski definition) is 1. The first-order chi connectivity index (χ1) is 5.72. The average molecular weight is 169 g/mol. The fourth-order valence-electron chi connectivity index (χ4n) is 2.37. The third-order valence-corrected chi connectivity index (χ3v) is 3.23. The maximum Gasteiger partial charge on any atom is 0.00696 e. The zero-order chi connectivity index (χ0) is 8.97. The van der Waals surface area contributed by atoms with E-state index in [0.29, 0.717) is 6.04 Å². The van der Waals surface area contributed by atoms with Gasteiger partial charge in [0.05, 0.1) is 0 Å². The van der Waals surface area contributed by atoms with Gasteiger partial charge in [0, 0.05) is 6.04 Å². The topological polar surface area (TPSA) is 26.0 Å². The van der Waals surface area contributed by atoms with Gasteiger partial charge in [-0.25, -0.2) is 0 Å². The normalized spacial score (nSPS) is 33.0. The Morgan fingerprint density at radius 1 is 1.00 bits per heavy atom. The van der Waals surface area contributed by atoms with Crippen molar-refractivity contribution >= 4 is 0 Å². The maximum atomic E-state index is 6.15. The molecule has 2 N–H and O–H groups in total. The van der Waals surface area contributed by atoms with Gasteiger partial charge in [0.25, 0.3) is 0 Å². The summed E-state index contributed by atoms with van der Waals surface area (Å²) in [6, 6.07) is 0.477. The number of hydrogen-bond donors (Lipinski definition) is 1. The van der Waals surface area contributed by atoms with Gasteiger partial charge in [-0.15, -0.1) is 0 Å². The Morgan fingerprint density at radius 2 is 1.58 bits per heavy atom. The summed E-state index contributed by atoms with van der Waals surface area (Å²) in [6.45, 7) is 4.62. The van der Waals surface area contributed by atoms with Crippen LogP contribution < -0.4 is 5.73 Å². The van der Waals surface area contributed by atoms with E-state index < -0.39 is 0 Å². The summed E-state index contributed by atoms with van der Waals surface area (Å²) in [5, 5.41) is 0. The number of nitrogens with two attached hydrogens (primary N) is 1. The Kier molecular flexibility index (Phi) is 4.07. The van der Waals surface area contributed by atoms with Crippen LogP contribution in [0, 0.1) is 11.8 Å². The Bertz CT molecular complexity index is 120. The zero-order valence-corrected chi connectivity index (χ0v) is 8.55. The number of rotatable bonds is 1. The minimum Gasteiger partial charge on any atom is -0.327 e. The van der Waals surface area contributed by atoms with Gasteiger partial charge in [-0.3, -0.25) is 0 Å². The molecule has 2 atom stereocenters. The third-order valence-electron chi connectivity index (χ3n) is 3.23. The summed E-state index contributed by atoms with van der Waals surface area (Å²) < 4.78 is 0. The van der Waals surface area contributed by atoms with Gasteiger partial charge in [0.2, 0.25) is 0 Å². The standard InChI is InChI=1S/C11H23N/c1-9(2)10-7-5-3-4-6-8-11(10)12/h9-11H,3-8,12H2,1-2H3. The molecular formula is C11H23N. The van der Waals surface area contributed by atoms with E-state index in [1.807, 2.05) is 0 Å². The van der Waals surface area contributed by atoms with Crippen LogP contribution in [0.3, 0.4) is 0 Å². The van der Waals surface area contributed by atoms with Crippen molar-refractivity contribution in [3.05, 3.63) is 0 Å². The molecule has 1 nitrogen and oxygen atoms in total. The van der Waals surface area contributed by atoms with E-state index in [2.05, 4.69) is 13.8 Å². The highest BCUT2D eigenvalue weighted by atomic mass is 14.7. The van der Waals surface area contributed by atoms with Gasteiger partial charge in [-0.05, 0) is 24.7 Å².